The highest BCUT2D eigenvalue weighted by molar-refractivity contribution is 7.80. The molecule has 0 bridgehead atoms. The summed E-state index contributed by atoms with van der Waals surface area (Å²) < 4.78 is 5.30. The first-order valence-electron chi connectivity index (χ1n) is 7.69. The Hall–Kier alpha value is -1.61. The highest BCUT2D eigenvalue weighted by atomic mass is 35.5. The van der Waals surface area contributed by atoms with E-state index in [0.717, 1.165) is 39.3 Å². The Morgan fingerprint density at radius 1 is 1.33 bits per heavy atom. The standard InChI is InChI=1S/C15H21ClN4O3S/c16-11-2-3-13(21)12(10-11)14(22)18-19-15(24)17-4-1-5-20-6-8-23-9-7-20/h2-3,10,21H,1,4-9H2,(H,18,22)(H2,17,19,24). The van der Waals surface area contributed by atoms with Crippen LogP contribution in [-0.2, 0) is 4.74 Å². The Bertz CT molecular complexity index is 582. The predicted octanol–water partition coefficient (Wildman–Crippen LogP) is 0.877. The molecule has 1 aromatic rings. The molecule has 0 unspecified atom stereocenters. The fourth-order valence-electron chi connectivity index (χ4n) is 2.24. The van der Waals surface area contributed by atoms with Gasteiger partial charge in [-0.3, -0.25) is 20.5 Å². The van der Waals surface area contributed by atoms with E-state index in [9.17, 15) is 9.90 Å². The van der Waals surface area contributed by atoms with Crippen LogP contribution in [0, 0.1) is 0 Å². The number of nitrogens with one attached hydrogen (secondary N) is 3. The first-order chi connectivity index (χ1) is 11.6. The number of phenolic OH excluding ortho intramolecular Hbond substituents is 1. The predicted molar refractivity (Wildman–Crippen MR) is 96.2 cm³/mol. The number of thiocarbonyl (C=S) groups is 1. The van der Waals surface area contributed by atoms with E-state index in [1.807, 2.05) is 0 Å². The molecular formula is C15H21ClN4O3S. The van der Waals surface area contributed by atoms with Crippen LogP contribution >= 0.6 is 23.8 Å². The Balaban J connectivity index is 1.63. The molecule has 1 heterocycles. The van der Waals surface area contributed by atoms with Gasteiger partial charge in [-0.25, -0.2) is 0 Å². The molecule has 9 heteroatoms. The van der Waals surface area contributed by atoms with Gasteiger partial charge in [-0.05, 0) is 43.4 Å². The molecule has 2 rings (SSSR count). The highest BCUT2D eigenvalue weighted by Gasteiger charge is 2.12. The third-order valence-corrected chi connectivity index (χ3v) is 4.01. The monoisotopic (exact) mass is 372 g/mol. The molecule has 1 aliphatic rings. The second kappa shape index (κ2) is 9.63. The number of ether oxygens (including phenoxy) is 1. The van der Waals surface area contributed by atoms with E-state index in [0.29, 0.717) is 16.7 Å². The van der Waals surface area contributed by atoms with Crippen molar-refractivity contribution in [2.75, 3.05) is 39.4 Å². The van der Waals surface area contributed by atoms with Crippen LogP contribution in [0.3, 0.4) is 0 Å². The van der Waals surface area contributed by atoms with Gasteiger partial charge < -0.3 is 15.2 Å². The molecule has 24 heavy (non-hydrogen) atoms. The number of amides is 1. The Kier molecular flexibility index (Phi) is 7.51. The molecule has 1 aromatic carbocycles. The average Bonchev–Trinajstić information content (AvgIpc) is 2.59. The first kappa shape index (κ1) is 18.7. The van der Waals surface area contributed by atoms with E-state index in [-0.39, 0.29) is 11.3 Å². The summed E-state index contributed by atoms with van der Waals surface area (Å²) >= 11 is 10.9. The molecule has 1 saturated heterocycles. The number of morpholine rings is 1. The normalized spacial score (nSPS) is 14.9. The number of carbonyl (C=O) groups is 1. The van der Waals surface area contributed by atoms with E-state index >= 15 is 0 Å². The van der Waals surface area contributed by atoms with Gasteiger partial charge in [0.05, 0.1) is 18.8 Å². The second-order valence-corrected chi connectivity index (χ2v) is 6.15. The van der Waals surface area contributed by atoms with E-state index in [2.05, 4.69) is 21.1 Å². The van der Waals surface area contributed by atoms with Gasteiger partial charge in [0, 0.05) is 24.7 Å². The van der Waals surface area contributed by atoms with Crippen molar-refractivity contribution in [3.8, 4) is 5.75 Å². The van der Waals surface area contributed by atoms with Crippen molar-refractivity contribution in [1.82, 2.24) is 21.1 Å². The smallest absolute Gasteiger partial charge is 0.273 e. The molecular weight excluding hydrogens is 352 g/mol. The summed E-state index contributed by atoms with van der Waals surface area (Å²) in [5.74, 6) is -0.671. The number of aromatic hydroxyl groups is 1. The van der Waals surface area contributed by atoms with Crippen LogP contribution < -0.4 is 16.2 Å². The van der Waals surface area contributed by atoms with Gasteiger partial charge in [-0.15, -0.1) is 0 Å². The van der Waals surface area contributed by atoms with Gasteiger partial charge in [-0.1, -0.05) is 11.6 Å². The summed E-state index contributed by atoms with van der Waals surface area (Å²) in [6.07, 6.45) is 0.935. The third-order valence-electron chi connectivity index (χ3n) is 3.53. The van der Waals surface area contributed by atoms with Gasteiger partial charge in [0.15, 0.2) is 5.11 Å². The molecule has 0 spiro atoms. The van der Waals surface area contributed by atoms with Crippen molar-refractivity contribution >= 4 is 34.8 Å². The van der Waals surface area contributed by atoms with Crippen molar-refractivity contribution in [2.24, 2.45) is 0 Å². The van der Waals surface area contributed by atoms with Crippen LogP contribution in [0.25, 0.3) is 0 Å². The van der Waals surface area contributed by atoms with Crippen molar-refractivity contribution in [3.05, 3.63) is 28.8 Å². The Morgan fingerprint density at radius 2 is 2.08 bits per heavy atom. The lowest BCUT2D eigenvalue weighted by atomic mass is 10.2. The van der Waals surface area contributed by atoms with Crippen LogP contribution in [0.15, 0.2) is 18.2 Å². The van der Waals surface area contributed by atoms with Gasteiger partial charge in [0.25, 0.3) is 5.91 Å². The lowest BCUT2D eigenvalue weighted by molar-refractivity contribution is 0.0376. The number of benzene rings is 1. The maximum absolute atomic E-state index is 12.0. The van der Waals surface area contributed by atoms with E-state index in [1.54, 1.807) is 0 Å². The summed E-state index contributed by atoms with van der Waals surface area (Å²) in [4.78, 5) is 14.3. The fraction of sp³-hybridized carbons (Fsp3) is 0.467. The molecule has 0 radical (unpaired) electrons. The molecule has 0 aromatic heterocycles. The maximum Gasteiger partial charge on any atom is 0.273 e. The van der Waals surface area contributed by atoms with Gasteiger partial charge in [-0.2, -0.15) is 0 Å². The molecule has 0 saturated carbocycles. The summed E-state index contributed by atoms with van der Waals surface area (Å²) in [5, 5.41) is 13.3. The van der Waals surface area contributed by atoms with E-state index in [4.69, 9.17) is 28.6 Å². The third kappa shape index (κ3) is 6.12. The number of hydrazine groups is 1. The zero-order valence-electron chi connectivity index (χ0n) is 13.2. The van der Waals surface area contributed by atoms with Gasteiger partial charge >= 0.3 is 0 Å². The molecule has 1 aliphatic heterocycles. The summed E-state index contributed by atoms with van der Waals surface area (Å²) in [5.41, 5.74) is 5.09. The molecule has 7 nitrogen and oxygen atoms in total. The van der Waals surface area contributed by atoms with Gasteiger partial charge in [0.2, 0.25) is 0 Å². The zero-order chi connectivity index (χ0) is 17.4. The van der Waals surface area contributed by atoms with Crippen molar-refractivity contribution < 1.29 is 14.6 Å². The Labute approximate surface area is 151 Å². The molecule has 0 atom stereocenters. The second-order valence-electron chi connectivity index (χ2n) is 5.30. The van der Waals surface area contributed by atoms with Crippen LogP contribution in [0.2, 0.25) is 5.02 Å². The van der Waals surface area contributed by atoms with Crippen LogP contribution in [-0.4, -0.2) is 60.4 Å². The molecule has 1 amide bonds. The van der Waals surface area contributed by atoms with E-state index < -0.39 is 5.91 Å². The fourth-order valence-corrected chi connectivity index (χ4v) is 2.57. The minimum atomic E-state index is -0.521. The average molecular weight is 373 g/mol. The topological polar surface area (TPSA) is 85.9 Å². The highest BCUT2D eigenvalue weighted by Crippen LogP contribution is 2.20. The van der Waals surface area contributed by atoms with Crippen molar-refractivity contribution in [1.29, 1.82) is 0 Å². The summed E-state index contributed by atoms with van der Waals surface area (Å²) in [7, 11) is 0. The van der Waals surface area contributed by atoms with Crippen LogP contribution in [0.4, 0.5) is 0 Å². The Morgan fingerprint density at radius 3 is 2.83 bits per heavy atom. The molecule has 1 fully saturated rings. The van der Waals surface area contributed by atoms with Crippen molar-refractivity contribution in [2.45, 2.75) is 6.42 Å². The number of phenols is 1. The lowest BCUT2D eigenvalue weighted by Gasteiger charge is -2.26. The molecule has 132 valence electrons. The molecule has 4 N–H and O–H groups in total. The number of hydrogen-bond donors (Lipinski definition) is 4. The molecule has 0 aliphatic carbocycles. The largest absolute Gasteiger partial charge is 0.507 e. The number of nitrogens with zero attached hydrogens (tertiary/aromatic N) is 1. The first-order valence-corrected chi connectivity index (χ1v) is 8.47. The quantitative estimate of drug-likeness (QED) is 0.347. The minimum Gasteiger partial charge on any atom is -0.507 e. The lowest BCUT2D eigenvalue weighted by Crippen LogP contribution is -2.47. The van der Waals surface area contributed by atoms with Crippen LogP contribution in [0.5, 0.6) is 5.75 Å². The zero-order valence-corrected chi connectivity index (χ0v) is 14.8. The van der Waals surface area contributed by atoms with Crippen LogP contribution in [0.1, 0.15) is 16.8 Å². The SMILES string of the molecule is O=C(NNC(=S)NCCCN1CCOCC1)c1cc(Cl)ccc1O. The summed E-state index contributed by atoms with van der Waals surface area (Å²) in [6.45, 7) is 5.17. The minimum absolute atomic E-state index is 0.0742. The number of carbonyl (C=O) groups excluding carboxylic acids is 1. The number of halogens is 1. The number of rotatable bonds is 5. The van der Waals surface area contributed by atoms with Gasteiger partial charge in [0.1, 0.15) is 5.75 Å². The summed E-state index contributed by atoms with van der Waals surface area (Å²) in [6, 6.07) is 4.24. The van der Waals surface area contributed by atoms with Crippen molar-refractivity contribution in [3.63, 3.8) is 0 Å². The number of hydrogen-bond acceptors (Lipinski definition) is 5. The maximum atomic E-state index is 12.0. The van der Waals surface area contributed by atoms with E-state index in [1.165, 1.54) is 18.2 Å².